The van der Waals surface area contributed by atoms with Crippen LogP contribution >= 0.6 is 11.8 Å². The van der Waals surface area contributed by atoms with Crippen LogP contribution in [0.15, 0.2) is 57.2 Å². The van der Waals surface area contributed by atoms with Crippen LogP contribution in [-0.2, 0) is 20.0 Å². The van der Waals surface area contributed by atoms with E-state index in [1.54, 1.807) is 6.92 Å². The Bertz CT molecular complexity index is 1100. The van der Waals surface area contributed by atoms with Crippen LogP contribution < -0.4 is 0 Å². The quantitative estimate of drug-likeness (QED) is 0.395. The summed E-state index contributed by atoms with van der Waals surface area (Å²) in [6.07, 6.45) is 0. The van der Waals surface area contributed by atoms with Crippen LogP contribution in [0.2, 0.25) is 0 Å². The Balaban J connectivity index is 2.51. The highest BCUT2D eigenvalue weighted by molar-refractivity contribution is 8.01. The molecule has 0 aliphatic carbocycles. The monoisotopic (exact) mass is 458 g/mol. The van der Waals surface area contributed by atoms with Crippen molar-refractivity contribution in [2.45, 2.75) is 39.0 Å². The first-order chi connectivity index (χ1) is 12.6. The second-order valence-electron chi connectivity index (χ2n) is 5.85. The second-order valence-corrected chi connectivity index (χ2v) is 10.4. The van der Waals surface area contributed by atoms with Gasteiger partial charge in [-0.1, -0.05) is 23.8 Å². The third-order valence-corrected chi connectivity index (χ3v) is 7.68. The van der Waals surface area contributed by atoms with E-state index in [1.807, 2.05) is 0 Å². The smallest absolute Gasteiger partial charge is 0.281 e. The van der Waals surface area contributed by atoms with Crippen LogP contribution in [0.1, 0.15) is 11.1 Å². The molecule has 0 fully saturated rings. The number of alkyl halides is 4. The van der Waals surface area contributed by atoms with Gasteiger partial charge < -0.3 is 0 Å². The predicted octanol–water partition coefficient (Wildman–Crippen LogP) is 4.30. The number of rotatable bonds is 6. The van der Waals surface area contributed by atoms with Crippen molar-refractivity contribution in [2.24, 2.45) is 0 Å². The summed E-state index contributed by atoms with van der Waals surface area (Å²) in [4.78, 5) is -1.15. The maximum atomic E-state index is 13.9. The van der Waals surface area contributed by atoms with E-state index >= 15 is 0 Å². The van der Waals surface area contributed by atoms with E-state index in [-0.39, 0.29) is 10.5 Å². The van der Waals surface area contributed by atoms with Gasteiger partial charge in [-0.3, -0.25) is 4.55 Å². The van der Waals surface area contributed by atoms with Crippen LogP contribution in [-0.4, -0.2) is 31.9 Å². The first-order valence-electron chi connectivity index (χ1n) is 7.44. The van der Waals surface area contributed by atoms with Crippen LogP contribution in [0.5, 0.6) is 0 Å². The van der Waals surface area contributed by atoms with Crippen LogP contribution in [0.3, 0.4) is 0 Å². The molecule has 5 nitrogen and oxygen atoms in total. The Morgan fingerprint density at radius 3 is 1.86 bits per heavy atom. The molecule has 0 radical (unpaired) electrons. The van der Waals surface area contributed by atoms with Crippen molar-refractivity contribution in [3.8, 4) is 0 Å². The first kappa shape index (κ1) is 22.7. The van der Waals surface area contributed by atoms with Gasteiger partial charge in [0.1, 0.15) is 0 Å². The van der Waals surface area contributed by atoms with E-state index in [1.165, 1.54) is 31.2 Å². The van der Waals surface area contributed by atoms with Gasteiger partial charge in [-0.2, -0.15) is 26.0 Å². The summed E-state index contributed by atoms with van der Waals surface area (Å²) in [6.45, 7) is 2.99. The highest BCUT2D eigenvalue weighted by Crippen LogP contribution is 2.50. The lowest BCUT2D eigenvalue weighted by atomic mass is 10.2. The summed E-state index contributed by atoms with van der Waals surface area (Å²) in [5.74, 6) is 0. The van der Waals surface area contributed by atoms with Gasteiger partial charge >= 0.3 is 20.6 Å². The highest BCUT2D eigenvalue weighted by Gasteiger charge is 2.66. The molecule has 2 aromatic carbocycles. The van der Waals surface area contributed by atoms with E-state index in [9.17, 15) is 34.4 Å². The number of sulfone groups is 1. The van der Waals surface area contributed by atoms with E-state index in [0.717, 1.165) is 23.8 Å². The molecule has 0 aromatic heterocycles. The molecule has 0 saturated carbocycles. The molecule has 154 valence electrons. The SMILES string of the molecule is Cc1ccc(S(=O)(=O)c2ccc(C)c(SC(F)(F)C(F)(F)S(=O)(=O)O)c2)cc1. The molecular formula is C16H14F4O5S3. The minimum atomic E-state index is -6.40. The molecule has 28 heavy (non-hydrogen) atoms. The lowest BCUT2D eigenvalue weighted by Crippen LogP contribution is -2.44. The lowest BCUT2D eigenvalue weighted by molar-refractivity contribution is -0.0946. The normalized spacial score (nSPS) is 13.5. The fraction of sp³-hybridized carbons (Fsp3) is 0.250. The van der Waals surface area contributed by atoms with E-state index in [2.05, 4.69) is 0 Å². The van der Waals surface area contributed by atoms with Gasteiger partial charge in [0, 0.05) is 4.90 Å². The molecule has 1 N–H and O–H groups in total. The molecule has 0 spiro atoms. The summed E-state index contributed by atoms with van der Waals surface area (Å²) < 4.78 is 110. The topological polar surface area (TPSA) is 88.5 Å². The molecule has 0 saturated heterocycles. The van der Waals surface area contributed by atoms with Crippen molar-refractivity contribution in [1.29, 1.82) is 0 Å². The Morgan fingerprint density at radius 1 is 0.857 bits per heavy atom. The molecule has 12 heteroatoms. The number of thioether (sulfide) groups is 1. The Labute approximate surface area is 163 Å². The third kappa shape index (κ3) is 4.19. The standard InChI is InChI=1S/C16H14F4O5S3/c1-10-3-6-12(7-4-10)27(21,22)13-8-5-11(2)14(9-13)26-15(17,18)16(19,20)28(23,24)25/h3-9H,1-2H3,(H,23,24,25). The van der Waals surface area contributed by atoms with E-state index in [4.69, 9.17) is 4.55 Å². The third-order valence-electron chi connectivity index (χ3n) is 3.70. The van der Waals surface area contributed by atoms with Crippen LogP contribution in [0.25, 0.3) is 0 Å². The Morgan fingerprint density at radius 2 is 1.36 bits per heavy atom. The number of halogens is 4. The van der Waals surface area contributed by atoms with E-state index < -0.39 is 52.0 Å². The van der Waals surface area contributed by atoms with Crippen molar-refractivity contribution in [1.82, 2.24) is 0 Å². The summed E-state index contributed by atoms with van der Waals surface area (Å²) in [6, 6.07) is 8.66. The Kier molecular flexibility index (Phi) is 5.92. The summed E-state index contributed by atoms with van der Waals surface area (Å²) in [5, 5.41) is -11.0. The van der Waals surface area contributed by atoms with Gasteiger partial charge in [0.2, 0.25) is 9.84 Å². The molecule has 0 aliphatic rings. The van der Waals surface area contributed by atoms with Crippen LogP contribution in [0, 0.1) is 13.8 Å². The molecule has 2 aromatic rings. The maximum Gasteiger partial charge on any atom is 0.442 e. The highest BCUT2D eigenvalue weighted by atomic mass is 32.2. The number of aryl methyl sites for hydroxylation is 2. The maximum absolute atomic E-state index is 13.9. The first-order valence-corrected chi connectivity index (χ1v) is 11.2. The molecule has 0 atom stereocenters. The average Bonchev–Trinajstić information content (AvgIpc) is 2.55. The van der Waals surface area contributed by atoms with Gasteiger partial charge in [-0.15, -0.1) is 0 Å². The summed E-state index contributed by atoms with van der Waals surface area (Å²) >= 11 is -0.853. The van der Waals surface area contributed by atoms with Gasteiger partial charge in [0.25, 0.3) is 0 Å². The van der Waals surface area contributed by atoms with Gasteiger partial charge in [-0.05, 0) is 55.4 Å². The average molecular weight is 458 g/mol. The van der Waals surface area contributed by atoms with Crippen molar-refractivity contribution < 1.29 is 39.0 Å². The van der Waals surface area contributed by atoms with Gasteiger partial charge in [-0.25, -0.2) is 8.42 Å². The molecule has 0 unspecified atom stereocenters. The molecule has 0 bridgehead atoms. The summed E-state index contributed by atoms with van der Waals surface area (Å²) in [7, 11) is -10.5. The lowest BCUT2D eigenvalue weighted by Gasteiger charge is -2.23. The number of hydrogen-bond donors (Lipinski definition) is 1. The minimum absolute atomic E-state index is 0.0127. The van der Waals surface area contributed by atoms with Crippen LogP contribution in [0.4, 0.5) is 17.6 Å². The number of benzene rings is 2. The zero-order valence-electron chi connectivity index (χ0n) is 14.4. The fourth-order valence-electron chi connectivity index (χ4n) is 2.06. The van der Waals surface area contributed by atoms with Gasteiger partial charge in [0.15, 0.2) is 0 Å². The second kappa shape index (κ2) is 7.32. The minimum Gasteiger partial charge on any atom is -0.281 e. The van der Waals surface area contributed by atoms with Crippen molar-refractivity contribution in [3.05, 3.63) is 53.6 Å². The van der Waals surface area contributed by atoms with E-state index in [0.29, 0.717) is 0 Å². The van der Waals surface area contributed by atoms with Crippen molar-refractivity contribution in [2.75, 3.05) is 0 Å². The van der Waals surface area contributed by atoms with Gasteiger partial charge in [0.05, 0.1) is 9.79 Å². The predicted molar refractivity (Wildman–Crippen MR) is 95.1 cm³/mol. The molecule has 0 aliphatic heterocycles. The molecular weight excluding hydrogens is 444 g/mol. The van der Waals surface area contributed by atoms with Crippen molar-refractivity contribution in [3.63, 3.8) is 0 Å². The largest absolute Gasteiger partial charge is 0.442 e. The van der Waals surface area contributed by atoms with Crippen molar-refractivity contribution >= 4 is 31.7 Å². The fourth-order valence-corrected chi connectivity index (χ4v) is 4.97. The Hall–Kier alpha value is -1.63. The summed E-state index contributed by atoms with van der Waals surface area (Å²) in [5.41, 5.74) is 0.796. The molecule has 0 heterocycles. The molecule has 2 rings (SSSR count). The zero-order chi connectivity index (χ0) is 21.5. The zero-order valence-corrected chi connectivity index (χ0v) is 16.8. The molecule has 0 amide bonds. The number of hydrogen-bond acceptors (Lipinski definition) is 5.